The average Bonchev–Trinajstić information content (AvgIpc) is 3.67. The summed E-state index contributed by atoms with van der Waals surface area (Å²) in [6.45, 7) is 6.20. The van der Waals surface area contributed by atoms with Crippen LogP contribution in [0.25, 0.3) is 0 Å². The molecule has 0 saturated heterocycles. The summed E-state index contributed by atoms with van der Waals surface area (Å²) in [6, 6.07) is 5.08. The number of likely N-dealkylation sites (N-methyl/N-ethyl adjacent to an activating group) is 1. The second kappa shape index (κ2) is 11.1. The van der Waals surface area contributed by atoms with Gasteiger partial charge in [-0.05, 0) is 57.7 Å². The Hall–Kier alpha value is -2.12. The third-order valence-corrected chi connectivity index (χ3v) is 7.68. The molecule has 3 atom stereocenters. The molecule has 34 heavy (non-hydrogen) atoms. The van der Waals surface area contributed by atoms with Gasteiger partial charge in [0.05, 0.1) is 23.9 Å². The highest BCUT2D eigenvalue weighted by molar-refractivity contribution is 6.02. The van der Waals surface area contributed by atoms with E-state index in [0.717, 1.165) is 31.8 Å². The van der Waals surface area contributed by atoms with Crippen molar-refractivity contribution >= 4 is 17.5 Å². The van der Waals surface area contributed by atoms with E-state index in [1.807, 2.05) is 13.0 Å². The SMILES string of the molecule is C[C@@H]1CN([C@@H](C)CO)C(=O)c2cccc(NC(=O)C3CC3)c2O[C@H]1CN(C)CC1CCCCC1. The molecule has 0 radical (unpaired) electrons. The van der Waals surface area contributed by atoms with Gasteiger partial charge in [-0.1, -0.05) is 32.3 Å². The molecule has 2 saturated carbocycles. The Bertz CT molecular complexity index is 865. The van der Waals surface area contributed by atoms with E-state index >= 15 is 0 Å². The molecule has 1 heterocycles. The number of aliphatic hydroxyl groups excluding tert-OH is 1. The minimum absolute atomic E-state index is 0.00824. The predicted molar refractivity (Wildman–Crippen MR) is 133 cm³/mol. The van der Waals surface area contributed by atoms with Gasteiger partial charge in [-0.25, -0.2) is 0 Å². The number of amides is 2. The minimum Gasteiger partial charge on any atom is -0.486 e. The number of ether oxygens (including phenoxy) is 1. The lowest BCUT2D eigenvalue weighted by Crippen LogP contribution is -2.50. The van der Waals surface area contributed by atoms with Crippen LogP contribution in [0, 0.1) is 17.8 Å². The van der Waals surface area contributed by atoms with Gasteiger partial charge in [-0.15, -0.1) is 0 Å². The van der Waals surface area contributed by atoms with Crippen LogP contribution in [0.5, 0.6) is 5.75 Å². The van der Waals surface area contributed by atoms with E-state index in [4.69, 9.17) is 4.74 Å². The molecule has 7 heteroatoms. The molecule has 4 rings (SSSR count). The van der Waals surface area contributed by atoms with Crippen molar-refractivity contribution in [3.63, 3.8) is 0 Å². The molecule has 2 amide bonds. The van der Waals surface area contributed by atoms with E-state index in [2.05, 4.69) is 24.2 Å². The lowest BCUT2D eigenvalue weighted by molar-refractivity contribution is -0.117. The van der Waals surface area contributed by atoms with Crippen LogP contribution >= 0.6 is 0 Å². The number of anilines is 1. The number of hydrogen-bond acceptors (Lipinski definition) is 5. The number of rotatable bonds is 8. The summed E-state index contributed by atoms with van der Waals surface area (Å²) in [5.41, 5.74) is 1.01. The van der Waals surface area contributed by atoms with Crippen molar-refractivity contribution in [2.45, 2.75) is 70.9 Å². The first kappa shape index (κ1) is 25.0. The van der Waals surface area contributed by atoms with Gasteiger partial charge >= 0.3 is 0 Å². The number of para-hydroxylation sites is 1. The smallest absolute Gasteiger partial charge is 0.258 e. The fraction of sp³-hybridized carbons (Fsp3) is 0.704. The normalized spacial score (nSPS) is 24.7. The maximum absolute atomic E-state index is 13.5. The van der Waals surface area contributed by atoms with Crippen LogP contribution in [0.15, 0.2) is 18.2 Å². The molecular formula is C27H41N3O4. The van der Waals surface area contributed by atoms with Crippen LogP contribution in [0.1, 0.15) is 69.2 Å². The molecule has 2 fully saturated rings. The first-order chi connectivity index (χ1) is 16.4. The van der Waals surface area contributed by atoms with Gasteiger partial charge in [0.25, 0.3) is 5.91 Å². The number of nitrogens with one attached hydrogen (secondary N) is 1. The van der Waals surface area contributed by atoms with Crippen molar-refractivity contribution in [2.75, 3.05) is 38.6 Å². The number of carbonyl (C=O) groups is 2. The van der Waals surface area contributed by atoms with Crippen molar-refractivity contribution in [3.8, 4) is 5.75 Å². The molecule has 0 aromatic heterocycles. The second-order valence-corrected chi connectivity index (χ2v) is 10.8. The first-order valence-electron chi connectivity index (χ1n) is 13.1. The van der Waals surface area contributed by atoms with Crippen LogP contribution in [0.3, 0.4) is 0 Å². The standard InChI is InChI=1S/C27H41N3O4/c1-18-14-30(19(2)17-31)27(33)22-10-7-11-23(28-26(32)21-12-13-21)25(22)34-24(18)16-29(3)15-20-8-5-4-6-9-20/h7,10-11,18-21,24,31H,4-6,8-9,12-17H2,1-3H3,(H,28,32)/t18-,19+,24+/m1/s1. The van der Waals surface area contributed by atoms with E-state index < -0.39 is 0 Å². The highest BCUT2D eigenvalue weighted by atomic mass is 16.5. The van der Waals surface area contributed by atoms with Crippen molar-refractivity contribution in [1.29, 1.82) is 0 Å². The lowest BCUT2D eigenvalue weighted by atomic mass is 9.89. The Balaban J connectivity index is 1.60. The van der Waals surface area contributed by atoms with E-state index in [0.29, 0.717) is 23.5 Å². The molecule has 0 unspecified atom stereocenters. The molecule has 188 valence electrons. The molecule has 1 aromatic carbocycles. The van der Waals surface area contributed by atoms with Crippen LogP contribution in [0.2, 0.25) is 0 Å². The summed E-state index contributed by atoms with van der Waals surface area (Å²) in [5, 5.41) is 12.9. The van der Waals surface area contributed by atoms with Gasteiger partial charge in [-0.2, -0.15) is 0 Å². The third kappa shape index (κ3) is 5.92. The molecule has 2 aliphatic carbocycles. The highest BCUT2D eigenvalue weighted by Gasteiger charge is 2.36. The average molecular weight is 472 g/mol. The zero-order chi connectivity index (χ0) is 24.2. The van der Waals surface area contributed by atoms with Crippen LogP contribution in [0.4, 0.5) is 5.69 Å². The van der Waals surface area contributed by atoms with E-state index in [1.165, 1.54) is 32.1 Å². The van der Waals surface area contributed by atoms with Gasteiger partial charge in [0, 0.05) is 31.5 Å². The highest BCUT2D eigenvalue weighted by Crippen LogP contribution is 2.37. The Morgan fingerprint density at radius 3 is 2.62 bits per heavy atom. The van der Waals surface area contributed by atoms with Crippen molar-refractivity contribution in [3.05, 3.63) is 23.8 Å². The quantitative estimate of drug-likeness (QED) is 0.603. The number of hydrogen-bond donors (Lipinski definition) is 2. The number of nitrogens with zero attached hydrogens (tertiary/aromatic N) is 2. The van der Waals surface area contributed by atoms with E-state index in [-0.39, 0.29) is 42.4 Å². The van der Waals surface area contributed by atoms with Gasteiger partial charge in [0.1, 0.15) is 6.10 Å². The number of aliphatic hydroxyl groups is 1. The van der Waals surface area contributed by atoms with Gasteiger partial charge in [-0.3, -0.25) is 9.59 Å². The Morgan fingerprint density at radius 1 is 1.21 bits per heavy atom. The monoisotopic (exact) mass is 471 g/mol. The zero-order valence-electron chi connectivity index (χ0n) is 21.0. The second-order valence-electron chi connectivity index (χ2n) is 10.8. The topological polar surface area (TPSA) is 82.1 Å². The molecule has 7 nitrogen and oxygen atoms in total. The Morgan fingerprint density at radius 2 is 1.94 bits per heavy atom. The summed E-state index contributed by atoms with van der Waals surface area (Å²) in [6.07, 6.45) is 8.26. The molecular weight excluding hydrogens is 430 g/mol. The summed E-state index contributed by atoms with van der Waals surface area (Å²) in [5.74, 6) is 1.13. The Labute approximate surface area is 203 Å². The fourth-order valence-corrected chi connectivity index (χ4v) is 5.33. The van der Waals surface area contributed by atoms with Gasteiger partial charge < -0.3 is 25.0 Å². The predicted octanol–water partition coefficient (Wildman–Crippen LogP) is 3.77. The van der Waals surface area contributed by atoms with E-state index in [1.54, 1.807) is 17.0 Å². The lowest BCUT2D eigenvalue weighted by Gasteiger charge is -2.39. The minimum atomic E-state index is -0.300. The molecule has 2 N–H and O–H groups in total. The largest absolute Gasteiger partial charge is 0.486 e. The molecule has 0 spiro atoms. The molecule has 0 bridgehead atoms. The summed E-state index contributed by atoms with van der Waals surface area (Å²) in [4.78, 5) is 30.2. The molecule has 1 aliphatic heterocycles. The van der Waals surface area contributed by atoms with Crippen molar-refractivity contribution < 1.29 is 19.4 Å². The van der Waals surface area contributed by atoms with Gasteiger partial charge in [0.2, 0.25) is 5.91 Å². The third-order valence-electron chi connectivity index (χ3n) is 7.68. The fourth-order valence-electron chi connectivity index (χ4n) is 5.33. The van der Waals surface area contributed by atoms with Crippen molar-refractivity contribution in [1.82, 2.24) is 9.80 Å². The Kier molecular flexibility index (Phi) is 8.14. The van der Waals surface area contributed by atoms with Crippen LogP contribution in [-0.2, 0) is 4.79 Å². The molecule has 1 aromatic rings. The van der Waals surface area contributed by atoms with Crippen molar-refractivity contribution in [2.24, 2.45) is 17.8 Å². The first-order valence-corrected chi connectivity index (χ1v) is 13.1. The number of benzene rings is 1. The summed E-state index contributed by atoms with van der Waals surface area (Å²) in [7, 11) is 2.16. The maximum atomic E-state index is 13.5. The van der Waals surface area contributed by atoms with E-state index in [9.17, 15) is 14.7 Å². The van der Waals surface area contributed by atoms with Crippen LogP contribution in [-0.4, -0.2) is 72.2 Å². The summed E-state index contributed by atoms with van der Waals surface area (Å²) >= 11 is 0. The number of carbonyl (C=O) groups excluding carboxylic acids is 2. The van der Waals surface area contributed by atoms with Crippen LogP contribution < -0.4 is 10.1 Å². The summed E-state index contributed by atoms with van der Waals surface area (Å²) < 4.78 is 6.61. The maximum Gasteiger partial charge on any atom is 0.258 e. The zero-order valence-corrected chi connectivity index (χ0v) is 21.0. The number of fused-ring (bicyclic) bond motifs is 1. The molecule has 3 aliphatic rings. The van der Waals surface area contributed by atoms with Gasteiger partial charge in [0.15, 0.2) is 5.75 Å².